The molecule has 1 N–H and O–H groups in total. The van der Waals surface area contributed by atoms with E-state index in [1.165, 1.54) is 12.8 Å². The van der Waals surface area contributed by atoms with E-state index in [1.807, 2.05) is 30.3 Å². The Morgan fingerprint density at radius 1 is 1.19 bits per heavy atom. The second-order valence-electron chi connectivity index (χ2n) is 6.15. The molecule has 4 heteroatoms. The average molecular weight is 286 g/mol. The fourth-order valence-electron chi connectivity index (χ4n) is 3.29. The highest BCUT2D eigenvalue weighted by Crippen LogP contribution is 2.22. The molecule has 1 aromatic rings. The molecule has 1 saturated carbocycles. The molecule has 0 radical (unpaired) electrons. The van der Waals surface area contributed by atoms with Crippen LogP contribution in [-0.2, 0) is 16.1 Å². The van der Waals surface area contributed by atoms with E-state index in [9.17, 15) is 9.59 Å². The number of carbonyl (C=O) groups excluding carboxylic acids is 2. The van der Waals surface area contributed by atoms with Crippen LogP contribution in [0, 0.1) is 5.92 Å². The van der Waals surface area contributed by atoms with Gasteiger partial charge in [-0.2, -0.15) is 0 Å². The Bertz CT molecular complexity index is 509. The molecular formula is C17H22N2O2. The molecule has 2 fully saturated rings. The van der Waals surface area contributed by atoms with Crippen molar-refractivity contribution in [2.24, 2.45) is 5.92 Å². The van der Waals surface area contributed by atoms with E-state index in [0.29, 0.717) is 25.6 Å². The summed E-state index contributed by atoms with van der Waals surface area (Å²) in [7, 11) is 0. The second kappa shape index (κ2) is 6.29. The summed E-state index contributed by atoms with van der Waals surface area (Å²) >= 11 is 0. The molecule has 0 unspecified atom stereocenters. The maximum atomic E-state index is 12.3. The van der Waals surface area contributed by atoms with Gasteiger partial charge in [0.1, 0.15) is 0 Å². The topological polar surface area (TPSA) is 49.4 Å². The largest absolute Gasteiger partial charge is 0.353 e. The minimum absolute atomic E-state index is 0.0609. The molecule has 0 spiro atoms. The van der Waals surface area contributed by atoms with Crippen molar-refractivity contribution in [2.45, 2.75) is 44.7 Å². The quantitative estimate of drug-likeness (QED) is 0.921. The fourth-order valence-corrected chi connectivity index (χ4v) is 3.29. The van der Waals surface area contributed by atoms with Crippen LogP contribution >= 0.6 is 0 Å². The normalized spacial score (nSPS) is 22.8. The molecular weight excluding hydrogens is 264 g/mol. The standard InChI is InChI=1S/C17H22N2O2/c20-16-10-14(17(21)18-15-8-4-5-9-15)12-19(16)11-13-6-2-1-3-7-13/h1-3,6-7,14-15H,4-5,8-12H2,(H,18,21)/t14-/m0/s1. The van der Waals surface area contributed by atoms with E-state index in [-0.39, 0.29) is 17.7 Å². The third kappa shape index (κ3) is 3.43. The zero-order chi connectivity index (χ0) is 14.7. The van der Waals surface area contributed by atoms with Gasteiger partial charge in [0.15, 0.2) is 0 Å². The van der Waals surface area contributed by atoms with Gasteiger partial charge in [-0.1, -0.05) is 43.2 Å². The predicted molar refractivity (Wildman–Crippen MR) is 80.4 cm³/mol. The molecule has 1 atom stereocenters. The summed E-state index contributed by atoms with van der Waals surface area (Å²) in [6.45, 7) is 1.15. The highest BCUT2D eigenvalue weighted by atomic mass is 16.2. The maximum Gasteiger partial charge on any atom is 0.225 e. The third-order valence-electron chi connectivity index (χ3n) is 4.50. The van der Waals surface area contributed by atoms with Crippen molar-refractivity contribution in [3.63, 3.8) is 0 Å². The van der Waals surface area contributed by atoms with Gasteiger partial charge in [0.2, 0.25) is 11.8 Å². The van der Waals surface area contributed by atoms with Crippen LogP contribution in [0.15, 0.2) is 30.3 Å². The minimum Gasteiger partial charge on any atom is -0.353 e. The van der Waals surface area contributed by atoms with Crippen molar-refractivity contribution in [2.75, 3.05) is 6.54 Å². The van der Waals surface area contributed by atoms with Crippen molar-refractivity contribution in [1.29, 1.82) is 0 Å². The monoisotopic (exact) mass is 286 g/mol. The Balaban J connectivity index is 1.55. The number of nitrogens with zero attached hydrogens (tertiary/aromatic N) is 1. The van der Waals surface area contributed by atoms with Gasteiger partial charge >= 0.3 is 0 Å². The second-order valence-corrected chi connectivity index (χ2v) is 6.15. The van der Waals surface area contributed by atoms with Crippen molar-refractivity contribution in [3.8, 4) is 0 Å². The van der Waals surface area contributed by atoms with Crippen LogP contribution in [0.1, 0.15) is 37.7 Å². The van der Waals surface area contributed by atoms with Crippen LogP contribution in [-0.4, -0.2) is 29.3 Å². The lowest BCUT2D eigenvalue weighted by Crippen LogP contribution is -2.38. The molecule has 2 aliphatic rings. The highest BCUT2D eigenvalue weighted by Gasteiger charge is 2.35. The maximum absolute atomic E-state index is 12.3. The summed E-state index contributed by atoms with van der Waals surface area (Å²) in [5.74, 6) is -0.0296. The summed E-state index contributed by atoms with van der Waals surface area (Å²) in [4.78, 5) is 26.1. The zero-order valence-corrected chi connectivity index (χ0v) is 12.3. The van der Waals surface area contributed by atoms with Gasteiger partial charge in [0, 0.05) is 25.6 Å². The first kappa shape index (κ1) is 14.1. The van der Waals surface area contributed by atoms with Crippen LogP contribution in [0.4, 0.5) is 0 Å². The van der Waals surface area contributed by atoms with Crippen LogP contribution in [0.5, 0.6) is 0 Å². The molecule has 1 heterocycles. The lowest BCUT2D eigenvalue weighted by Gasteiger charge is -2.18. The Kier molecular flexibility index (Phi) is 4.23. The number of hydrogen-bond acceptors (Lipinski definition) is 2. The van der Waals surface area contributed by atoms with Gasteiger partial charge in [0.05, 0.1) is 5.92 Å². The molecule has 1 aromatic carbocycles. The van der Waals surface area contributed by atoms with E-state index in [1.54, 1.807) is 4.90 Å². The van der Waals surface area contributed by atoms with Gasteiger partial charge in [-0.3, -0.25) is 9.59 Å². The average Bonchev–Trinajstić information content (AvgIpc) is 3.11. The van der Waals surface area contributed by atoms with E-state index in [4.69, 9.17) is 0 Å². The Labute approximate surface area is 125 Å². The summed E-state index contributed by atoms with van der Waals surface area (Å²) in [5, 5.41) is 3.11. The van der Waals surface area contributed by atoms with Gasteiger partial charge in [0.25, 0.3) is 0 Å². The molecule has 3 rings (SSSR count). The first-order valence-electron chi connectivity index (χ1n) is 7.84. The van der Waals surface area contributed by atoms with Crippen molar-refractivity contribution in [1.82, 2.24) is 10.2 Å². The van der Waals surface area contributed by atoms with E-state index in [2.05, 4.69) is 5.32 Å². The lowest BCUT2D eigenvalue weighted by molar-refractivity contribution is -0.129. The number of carbonyl (C=O) groups is 2. The summed E-state index contributed by atoms with van der Waals surface area (Å²) in [6.07, 6.45) is 4.93. The van der Waals surface area contributed by atoms with Gasteiger partial charge < -0.3 is 10.2 Å². The van der Waals surface area contributed by atoms with E-state index in [0.717, 1.165) is 18.4 Å². The number of rotatable bonds is 4. The van der Waals surface area contributed by atoms with Crippen molar-refractivity contribution < 1.29 is 9.59 Å². The number of nitrogens with one attached hydrogen (secondary N) is 1. The number of likely N-dealkylation sites (tertiary alicyclic amines) is 1. The molecule has 112 valence electrons. The van der Waals surface area contributed by atoms with Crippen molar-refractivity contribution >= 4 is 11.8 Å². The number of amides is 2. The first-order chi connectivity index (χ1) is 10.2. The molecule has 1 saturated heterocycles. The van der Waals surface area contributed by atoms with E-state index >= 15 is 0 Å². The summed E-state index contributed by atoms with van der Waals surface area (Å²) in [6, 6.07) is 10.3. The minimum atomic E-state index is -0.179. The van der Waals surface area contributed by atoms with Crippen LogP contribution < -0.4 is 5.32 Å². The zero-order valence-electron chi connectivity index (χ0n) is 12.3. The highest BCUT2D eigenvalue weighted by molar-refractivity contribution is 5.89. The molecule has 4 nitrogen and oxygen atoms in total. The molecule has 0 bridgehead atoms. The summed E-state index contributed by atoms with van der Waals surface area (Å²) < 4.78 is 0. The van der Waals surface area contributed by atoms with Crippen LogP contribution in [0.2, 0.25) is 0 Å². The fraction of sp³-hybridized carbons (Fsp3) is 0.529. The summed E-state index contributed by atoms with van der Waals surface area (Å²) in [5.41, 5.74) is 1.11. The predicted octanol–water partition coefficient (Wildman–Crippen LogP) is 2.09. The number of benzene rings is 1. The Hall–Kier alpha value is -1.84. The molecule has 0 aromatic heterocycles. The van der Waals surface area contributed by atoms with Crippen LogP contribution in [0.3, 0.4) is 0 Å². The Morgan fingerprint density at radius 3 is 2.62 bits per heavy atom. The molecule has 1 aliphatic heterocycles. The molecule has 2 amide bonds. The number of hydrogen-bond donors (Lipinski definition) is 1. The molecule has 1 aliphatic carbocycles. The van der Waals surface area contributed by atoms with Crippen molar-refractivity contribution in [3.05, 3.63) is 35.9 Å². The van der Waals surface area contributed by atoms with Gasteiger partial charge in [-0.15, -0.1) is 0 Å². The lowest BCUT2D eigenvalue weighted by atomic mass is 10.1. The van der Waals surface area contributed by atoms with Crippen LogP contribution in [0.25, 0.3) is 0 Å². The van der Waals surface area contributed by atoms with Gasteiger partial charge in [-0.05, 0) is 18.4 Å². The molecule has 21 heavy (non-hydrogen) atoms. The smallest absolute Gasteiger partial charge is 0.225 e. The first-order valence-corrected chi connectivity index (χ1v) is 7.84. The Morgan fingerprint density at radius 2 is 1.90 bits per heavy atom. The third-order valence-corrected chi connectivity index (χ3v) is 4.50. The SMILES string of the molecule is O=C(NC1CCCC1)[C@H]1CC(=O)N(Cc2ccccc2)C1. The van der Waals surface area contributed by atoms with Gasteiger partial charge in [-0.25, -0.2) is 0 Å². The van der Waals surface area contributed by atoms with E-state index < -0.39 is 0 Å².